The lowest BCUT2D eigenvalue weighted by Gasteiger charge is -2.35. The Balaban J connectivity index is 1.65. The molecule has 2 rings (SSSR count). The molecule has 112 valence electrons. The van der Waals surface area contributed by atoms with Crippen molar-refractivity contribution in [2.24, 2.45) is 5.92 Å². The molecule has 0 spiro atoms. The van der Waals surface area contributed by atoms with Crippen LogP contribution >= 0.6 is 11.8 Å². The predicted molar refractivity (Wildman–Crippen MR) is 84.8 cm³/mol. The summed E-state index contributed by atoms with van der Waals surface area (Å²) in [6.45, 7) is 11.4. The van der Waals surface area contributed by atoms with E-state index in [0.29, 0.717) is 0 Å². The Morgan fingerprint density at radius 2 is 1.75 bits per heavy atom. The number of thioether (sulfide) groups is 1. The second-order valence-electron chi connectivity index (χ2n) is 5.81. The van der Waals surface area contributed by atoms with Crippen molar-refractivity contribution in [2.75, 3.05) is 45.0 Å². The third-order valence-corrected chi connectivity index (χ3v) is 4.62. The maximum atomic E-state index is 13.5. The van der Waals surface area contributed by atoms with E-state index in [1.807, 2.05) is 12.1 Å². The van der Waals surface area contributed by atoms with Crippen LogP contribution in [0.25, 0.3) is 0 Å². The van der Waals surface area contributed by atoms with E-state index in [-0.39, 0.29) is 5.82 Å². The van der Waals surface area contributed by atoms with Crippen LogP contribution < -0.4 is 0 Å². The van der Waals surface area contributed by atoms with Gasteiger partial charge in [0.1, 0.15) is 5.82 Å². The zero-order chi connectivity index (χ0) is 14.4. The van der Waals surface area contributed by atoms with Crippen molar-refractivity contribution in [1.29, 1.82) is 0 Å². The predicted octanol–water partition coefficient (Wildman–Crippen LogP) is 3.19. The quantitative estimate of drug-likeness (QED) is 0.744. The van der Waals surface area contributed by atoms with Crippen LogP contribution in [0.1, 0.15) is 13.8 Å². The molecular weight excluding hydrogens is 271 g/mol. The van der Waals surface area contributed by atoms with Gasteiger partial charge in [0.15, 0.2) is 0 Å². The Labute approximate surface area is 126 Å². The van der Waals surface area contributed by atoms with Crippen molar-refractivity contribution >= 4 is 11.8 Å². The zero-order valence-electron chi connectivity index (χ0n) is 12.5. The fourth-order valence-corrected chi connectivity index (χ4v) is 3.51. The summed E-state index contributed by atoms with van der Waals surface area (Å²) in [5, 5.41) is 0. The number of hydrogen-bond acceptors (Lipinski definition) is 3. The van der Waals surface area contributed by atoms with E-state index < -0.39 is 0 Å². The van der Waals surface area contributed by atoms with E-state index in [1.165, 1.54) is 25.7 Å². The summed E-state index contributed by atoms with van der Waals surface area (Å²) >= 11 is 1.62. The first-order valence-corrected chi connectivity index (χ1v) is 8.46. The molecule has 0 radical (unpaired) electrons. The summed E-state index contributed by atoms with van der Waals surface area (Å²) in [5.74, 6) is 1.61. The van der Waals surface area contributed by atoms with Crippen molar-refractivity contribution in [3.63, 3.8) is 0 Å². The van der Waals surface area contributed by atoms with Crippen LogP contribution in [0.15, 0.2) is 29.2 Å². The summed E-state index contributed by atoms with van der Waals surface area (Å²) in [4.78, 5) is 5.81. The Kier molecular flexibility index (Phi) is 6.33. The molecule has 20 heavy (non-hydrogen) atoms. The largest absolute Gasteiger partial charge is 0.301 e. The number of piperazine rings is 1. The highest BCUT2D eigenvalue weighted by molar-refractivity contribution is 7.99. The van der Waals surface area contributed by atoms with Gasteiger partial charge in [-0.25, -0.2) is 4.39 Å². The molecule has 1 fully saturated rings. The highest BCUT2D eigenvalue weighted by Gasteiger charge is 2.17. The van der Waals surface area contributed by atoms with Gasteiger partial charge >= 0.3 is 0 Å². The molecule has 1 heterocycles. The standard InChI is InChI=1S/C16H25FN2S/c1-14(2)13-19-9-7-18(8-10-19)11-12-20-16-6-4-3-5-15(16)17/h3-6,14H,7-13H2,1-2H3. The lowest BCUT2D eigenvalue weighted by Crippen LogP contribution is -2.47. The first-order chi connectivity index (χ1) is 9.65. The number of rotatable bonds is 6. The van der Waals surface area contributed by atoms with Gasteiger partial charge in [-0.3, -0.25) is 4.90 Å². The molecule has 1 aromatic rings. The summed E-state index contributed by atoms with van der Waals surface area (Å²) in [6, 6.07) is 7.04. The normalized spacial score (nSPS) is 17.8. The average molecular weight is 296 g/mol. The van der Waals surface area contributed by atoms with Crippen molar-refractivity contribution < 1.29 is 4.39 Å². The fourth-order valence-electron chi connectivity index (χ4n) is 2.56. The van der Waals surface area contributed by atoms with Gasteiger partial charge in [-0.05, 0) is 18.1 Å². The lowest BCUT2D eigenvalue weighted by atomic mass is 10.2. The molecule has 1 aromatic carbocycles. The number of halogens is 1. The fraction of sp³-hybridized carbons (Fsp3) is 0.625. The van der Waals surface area contributed by atoms with Gasteiger partial charge in [0.2, 0.25) is 0 Å². The first kappa shape index (κ1) is 15.8. The van der Waals surface area contributed by atoms with Crippen LogP contribution in [0.4, 0.5) is 4.39 Å². The lowest BCUT2D eigenvalue weighted by molar-refractivity contribution is 0.127. The number of benzene rings is 1. The molecule has 1 aliphatic heterocycles. The SMILES string of the molecule is CC(C)CN1CCN(CCSc2ccccc2F)CC1. The third kappa shape index (κ3) is 5.08. The van der Waals surface area contributed by atoms with Crippen molar-refractivity contribution in [1.82, 2.24) is 9.80 Å². The van der Waals surface area contributed by atoms with Gasteiger partial charge < -0.3 is 4.90 Å². The van der Waals surface area contributed by atoms with Crippen molar-refractivity contribution in [3.8, 4) is 0 Å². The topological polar surface area (TPSA) is 6.48 Å². The molecule has 1 saturated heterocycles. The van der Waals surface area contributed by atoms with E-state index in [9.17, 15) is 4.39 Å². The summed E-state index contributed by atoms with van der Waals surface area (Å²) in [5.41, 5.74) is 0. The minimum absolute atomic E-state index is 0.0979. The van der Waals surface area contributed by atoms with Crippen LogP contribution in [0.5, 0.6) is 0 Å². The zero-order valence-corrected chi connectivity index (χ0v) is 13.3. The molecule has 0 unspecified atom stereocenters. The number of hydrogen-bond donors (Lipinski definition) is 0. The van der Waals surface area contributed by atoms with E-state index in [0.717, 1.165) is 36.2 Å². The maximum Gasteiger partial charge on any atom is 0.136 e. The Morgan fingerprint density at radius 1 is 1.10 bits per heavy atom. The highest BCUT2D eigenvalue weighted by Crippen LogP contribution is 2.21. The minimum atomic E-state index is -0.0979. The molecule has 0 N–H and O–H groups in total. The van der Waals surface area contributed by atoms with Crippen LogP contribution in [-0.2, 0) is 0 Å². The Bertz CT molecular complexity index is 403. The number of nitrogens with zero attached hydrogens (tertiary/aromatic N) is 2. The van der Waals surface area contributed by atoms with Crippen molar-refractivity contribution in [3.05, 3.63) is 30.1 Å². The van der Waals surface area contributed by atoms with Crippen LogP contribution in [-0.4, -0.2) is 54.8 Å². The second-order valence-corrected chi connectivity index (χ2v) is 6.95. The first-order valence-electron chi connectivity index (χ1n) is 7.47. The highest BCUT2D eigenvalue weighted by atomic mass is 32.2. The van der Waals surface area contributed by atoms with Crippen LogP contribution in [0, 0.1) is 11.7 Å². The average Bonchev–Trinajstić information content (AvgIpc) is 2.42. The van der Waals surface area contributed by atoms with E-state index in [2.05, 4.69) is 23.6 Å². The van der Waals surface area contributed by atoms with Gasteiger partial charge in [-0.1, -0.05) is 26.0 Å². The van der Waals surface area contributed by atoms with Crippen LogP contribution in [0.2, 0.25) is 0 Å². The maximum absolute atomic E-state index is 13.5. The molecule has 2 nitrogen and oxygen atoms in total. The van der Waals surface area contributed by atoms with Gasteiger partial charge in [-0.2, -0.15) is 0 Å². The van der Waals surface area contributed by atoms with E-state index in [1.54, 1.807) is 17.8 Å². The summed E-state index contributed by atoms with van der Waals surface area (Å²) in [7, 11) is 0. The summed E-state index contributed by atoms with van der Waals surface area (Å²) < 4.78 is 13.5. The van der Waals surface area contributed by atoms with Gasteiger partial charge in [-0.15, -0.1) is 11.8 Å². The molecule has 0 aromatic heterocycles. The van der Waals surface area contributed by atoms with Gasteiger partial charge in [0.25, 0.3) is 0 Å². The molecule has 0 aliphatic carbocycles. The summed E-state index contributed by atoms with van der Waals surface area (Å²) in [6.07, 6.45) is 0. The van der Waals surface area contributed by atoms with Gasteiger partial charge in [0.05, 0.1) is 0 Å². The van der Waals surface area contributed by atoms with E-state index in [4.69, 9.17) is 0 Å². The molecule has 4 heteroatoms. The molecular formula is C16H25FN2S. The monoisotopic (exact) mass is 296 g/mol. The molecule has 1 aliphatic rings. The molecule has 0 atom stereocenters. The minimum Gasteiger partial charge on any atom is -0.301 e. The smallest absolute Gasteiger partial charge is 0.136 e. The Morgan fingerprint density at radius 3 is 2.40 bits per heavy atom. The van der Waals surface area contributed by atoms with Crippen molar-refractivity contribution in [2.45, 2.75) is 18.7 Å². The molecule has 0 bridgehead atoms. The Hall–Kier alpha value is -0.580. The second kappa shape index (κ2) is 8.01. The molecule has 0 saturated carbocycles. The molecule has 0 amide bonds. The van der Waals surface area contributed by atoms with Crippen LogP contribution in [0.3, 0.4) is 0 Å². The van der Waals surface area contributed by atoms with E-state index >= 15 is 0 Å². The third-order valence-electron chi connectivity index (χ3n) is 3.59. The van der Waals surface area contributed by atoms with Gasteiger partial charge in [0, 0.05) is 49.9 Å².